The minimum Gasteiger partial charge on any atom is -0.329 e. The normalized spacial score (nSPS) is 12.3. The minimum atomic E-state index is 0.194. The molecule has 2 aromatic heterocycles. The number of nitrogens with two attached hydrogens (primary N) is 1. The number of aromatic nitrogens is 3. The van der Waals surface area contributed by atoms with Gasteiger partial charge in [-0.2, -0.15) is 0 Å². The summed E-state index contributed by atoms with van der Waals surface area (Å²) in [6.45, 7) is 0.561. The van der Waals surface area contributed by atoms with E-state index in [9.17, 15) is 0 Å². The molecule has 0 aliphatic carbocycles. The van der Waals surface area contributed by atoms with Crippen LogP contribution in [0.15, 0.2) is 48.1 Å². The van der Waals surface area contributed by atoms with Crippen LogP contribution < -0.4 is 5.73 Å². The van der Waals surface area contributed by atoms with Gasteiger partial charge >= 0.3 is 0 Å². The predicted molar refractivity (Wildman–Crippen MR) is 63.9 cm³/mol. The molecule has 2 rings (SSSR count). The molecule has 1 unspecified atom stereocenters. The van der Waals surface area contributed by atoms with Gasteiger partial charge in [-0.15, -0.1) is 0 Å². The van der Waals surface area contributed by atoms with Gasteiger partial charge in [0.15, 0.2) is 0 Å². The van der Waals surface area contributed by atoms with Gasteiger partial charge in [-0.05, 0) is 17.7 Å². The third kappa shape index (κ3) is 2.77. The molecule has 0 amide bonds. The third-order valence-corrected chi connectivity index (χ3v) is 3.30. The molecule has 16 heavy (non-hydrogen) atoms. The lowest BCUT2D eigenvalue weighted by Gasteiger charge is -2.13. The summed E-state index contributed by atoms with van der Waals surface area (Å²) in [5, 5.41) is 1.08. The number of nitrogens with zero attached hydrogens (tertiary/aromatic N) is 3. The second kappa shape index (κ2) is 5.58. The van der Waals surface area contributed by atoms with Crippen LogP contribution in [0.1, 0.15) is 10.8 Å². The Morgan fingerprint density at radius 2 is 1.94 bits per heavy atom. The molecule has 0 spiro atoms. The lowest BCUT2D eigenvalue weighted by atomic mass is 10.2. The monoisotopic (exact) mass is 232 g/mol. The average Bonchev–Trinajstić information content (AvgIpc) is 2.38. The molecule has 2 N–H and O–H groups in total. The maximum atomic E-state index is 5.76. The quantitative estimate of drug-likeness (QED) is 0.812. The van der Waals surface area contributed by atoms with Crippen LogP contribution in [0.25, 0.3) is 0 Å². The summed E-state index contributed by atoms with van der Waals surface area (Å²) in [4.78, 5) is 12.2. The summed E-state index contributed by atoms with van der Waals surface area (Å²) < 4.78 is 0. The molecule has 2 heterocycles. The molecule has 0 aliphatic rings. The number of rotatable bonds is 4. The molecule has 2 aromatic rings. The standard InChI is InChI=1S/C11H12N4S/c12-7-10(9-1-3-13-4-2-9)16-11-8-14-5-6-15-11/h1-6,8,10H,7,12H2. The molecular weight excluding hydrogens is 220 g/mol. The van der Waals surface area contributed by atoms with Crippen molar-refractivity contribution in [1.82, 2.24) is 15.0 Å². The van der Waals surface area contributed by atoms with Crippen molar-refractivity contribution in [2.75, 3.05) is 6.54 Å². The first kappa shape index (κ1) is 11.0. The Bertz CT molecular complexity index is 421. The van der Waals surface area contributed by atoms with E-state index in [4.69, 9.17) is 5.73 Å². The van der Waals surface area contributed by atoms with E-state index < -0.39 is 0 Å². The van der Waals surface area contributed by atoms with Crippen molar-refractivity contribution in [3.8, 4) is 0 Å². The van der Waals surface area contributed by atoms with Gasteiger partial charge in [-0.1, -0.05) is 11.8 Å². The highest BCUT2D eigenvalue weighted by Crippen LogP contribution is 2.32. The zero-order valence-corrected chi connectivity index (χ0v) is 9.47. The molecule has 0 aromatic carbocycles. The van der Waals surface area contributed by atoms with E-state index in [0.29, 0.717) is 6.54 Å². The van der Waals surface area contributed by atoms with Crippen LogP contribution in [-0.4, -0.2) is 21.5 Å². The second-order valence-corrected chi connectivity index (χ2v) is 4.39. The summed E-state index contributed by atoms with van der Waals surface area (Å²) in [5.74, 6) is 0. The first-order valence-corrected chi connectivity index (χ1v) is 5.81. The lowest BCUT2D eigenvalue weighted by molar-refractivity contribution is 0.927. The molecule has 5 heteroatoms. The zero-order valence-electron chi connectivity index (χ0n) is 8.65. The number of hydrogen-bond acceptors (Lipinski definition) is 5. The first-order valence-electron chi connectivity index (χ1n) is 4.93. The molecule has 1 atom stereocenters. The predicted octanol–water partition coefficient (Wildman–Crippen LogP) is 1.66. The third-order valence-electron chi connectivity index (χ3n) is 2.09. The lowest BCUT2D eigenvalue weighted by Crippen LogP contribution is -2.09. The van der Waals surface area contributed by atoms with Gasteiger partial charge in [0.25, 0.3) is 0 Å². The van der Waals surface area contributed by atoms with E-state index >= 15 is 0 Å². The van der Waals surface area contributed by atoms with E-state index in [0.717, 1.165) is 10.6 Å². The molecule has 4 nitrogen and oxygen atoms in total. The smallest absolute Gasteiger partial charge is 0.115 e. The van der Waals surface area contributed by atoms with Crippen molar-refractivity contribution in [2.24, 2.45) is 5.73 Å². The maximum Gasteiger partial charge on any atom is 0.115 e. The summed E-state index contributed by atoms with van der Waals surface area (Å²) in [5.41, 5.74) is 6.92. The SMILES string of the molecule is NCC(Sc1cnccn1)c1ccncc1. The van der Waals surface area contributed by atoms with Crippen molar-refractivity contribution in [2.45, 2.75) is 10.3 Å². The largest absolute Gasteiger partial charge is 0.329 e. The van der Waals surface area contributed by atoms with Gasteiger partial charge in [0, 0.05) is 36.6 Å². The highest BCUT2D eigenvalue weighted by Gasteiger charge is 2.11. The zero-order chi connectivity index (χ0) is 11.2. The van der Waals surface area contributed by atoms with Crippen molar-refractivity contribution in [1.29, 1.82) is 0 Å². The van der Waals surface area contributed by atoms with Crippen LogP contribution in [-0.2, 0) is 0 Å². The van der Waals surface area contributed by atoms with E-state index in [-0.39, 0.29) is 5.25 Å². The van der Waals surface area contributed by atoms with E-state index in [1.165, 1.54) is 0 Å². The van der Waals surface area contributed by atoms with Crippen LogP contribution >= 0.6 is 11.8 Å². The van der Waals surface area contributed by atoms with Gasteiger partial charge in [0.1, 0.15) is 5.03 Å². The Hall–Kier alpha value is -1.46. The molecule has 82 valence electrons. The van der Waals surface area contributed by atoms with E-state index in [2.05, 4.69) is 15.0 Å². The number of hydrogen-bond donors (Lipinski definition) is 1. The Kier molecular flexibility index (Phi) is 3.85. The van der Waals surface area contributed by atoms with E-state index in [1.54, 1.807) is 42.7 Å². The molecular formula is C11H12N4S. The van der Waals surface area contributed by atoms with Crippen molar-refractivity contribution in [3.63, 3.8) is 0 Å². The molecule has 0 saturated carbocycles. The highest BCUT2D eigenvalue weighted by atomic mass is 32.2. The summed E-state index contributed by atoms with van der Waals surface area (Å²) in [7, 11) is 0. The average molecular weight is 232 g/mol. The fraction of sp³-hybridized carbons (Fsp3) is 0.182. The van der Waals surface area contributed by atoms with Gasteiger partial charge in [0.2, 0.25) is 0 Å². The summed E-state index contributed by atoms with van der Waals surface area (Å²) >= 11 is 1.62. The Morgan fingerprint density at radius 1 is 1.12 bits per heavy atom. The van der Waals surface area contributed by atoms with Crippen molar-refractivity contribution >= 4 is 11.8 Å². The first-order chi connectivity index (χ1) is 7.90. The van der Waals surface area contributed by atoms with Gasteiger partial charge in [-0.25, -0.2) is 4.98 Å². The highest BCUT2D eigenvalue weighted by molar-refractivity contribution is 7.99. The van der Waals surface area contributed by atoms with Crippen LogP contribution in [0.4, 0.5) is 0 Å². The van der Waals surface area contributed by atoms with Crippen LogP contribution in [0, 0.1) is 0 Å². The Labute approximate surface area is 98.3 Å². The van der Waals surface area contributed by atoms with Crippen LogP contribution in [0.5, 0.6) is 0 Å². The molecule has 0 radical (unpaired) electrons. The minimum absolute atomic E-state index is 0.194. The second-order valence-electron chi connectivity index (χ2n) is 3.17. The van der Waals surface area contributed by atoms with E-state index in [1.807, 2.05) is 12.1 Å². The van der Waals surface area contributed by atoms with Crippen LogP contribution in [0.2, 0.25) is 0 Å². The molecule has 0 aliphatic heterocycles. The van der Waals surface area contributed by atoms with Gasteiger partial charge < -0.3 is 5.73 Å². The molecule has 0 bridgehead atoms. The summed E-state index contributed by atoms with van der Waals surface area (Å²) in [6.07, 6.45) is 8.63. The topological polar surface area (TPSA) is 64.7 Å². The molecule has 0 fully saturated rings. The van der Waals surface area contributed by atoms with Crippen molar-refractivity contribution < 1.29 is 0 Å². The molecule has 0 saturated heterocycles. The Balaban J connectivity index is 2.13. The van der Waals surface area contributed by atoms with Gasteiger partial charge in [-0.3, -0.25) is 9.97 Å². The fourth-order valence-corrected chi connectivity index (χ4v) is 2.25. The summed E-state index contributed by atoms with van der Waals surface area (Å²) in [6, 6.07) is 3.95. The number of thioether (sulfide) groups is 1. The van der Waals surface area contributed by atoms with Crippen molar-refractivity contribution in [3.05, 3.63) is 48.7 Å². The van der Waals surface area contributed by atoms with Gasteiger partial charge in [0.05, 0.1) is 6.20 Å². The fourth-order valence-electron chi connectivity index (χ4n) is 1.32. The maximum absolute atomic E-state index is 5.76. The van der Waals surface area contributed by atoms with Crippen LogP contribution in [0.3, 0.4) is 0 Å². The Morgan fingerprint density at radius 3 is 2.56 bits per heavy atom. The number of pyridine rings is 1.